The van der Waals surface area contributed by atoms with Gasteiger partial charge in [-0.15, -0.1) is 0 Å². The molecule has 0 saturated carbocycles. The molecule has 1 atom stereocenters. The van der Waals surface area contributed by atoms with Crippen LogP contribution in [0.25, 0.3) is 10.9 Å². The molecule has 1 aromatic carbocycles. The SMILES string of the molecule is COc1ccc2cc(C(C)CON)[nH]c2c1. The monoisotopic (exact) mass is 220 g/mol. The van der Waals surface area contributed by atoms with E-state index < -0.39 is 0 Å². The highest BCUT2D eigenvalue weighted by atomic mass is 16.6. The van der Waals surface area contributed by atoms with Crippen LogP contribution in [0.1, 0.15) is 18.5 Å². The molecule has 4 heteroatoms. The molecule has 1 unspecified atom stereocenters. The molecule has 3 N–H and O–H groups in total. The van der Waals surface area contributed by atoms with Gasteiger partial charge in [0.2, 0.25) is 0 Å². The topological polar surface area (TPSA) is 60.3 Å². The Morgan fingerprint density at radius 3 is 2.88 bits per heavy atom. The summed E-state index contributed by atoms with van der Waals surface area (Å²) in [5.74, 6) is 6.18. The number of aromatic nitrogens is 1. The quantitative estimate of drug-likeness (QED) is 0.776. The lowest BCUT2D eigenvalue weighted by Crippen LogP contribution is -2.08. The molecule has 0 amide bonds. The van der Waals surface area contributed by atoms with Crippen LogP contribution in [-0.4, -0.2) is 18.7 Å². The zero-order valence-electron chi connectivity index (χ0n) is 9.49. The predicted molar refractivity (Wildman–Crippen MR) is 63.4 cm³/mol. The third kappa shape index (κ3) is 2.03. The average Bonchev–Trinajstić information content (AvgIpc) is 2.71. The number of benzene rings is 1. The van der Waals surface area contributed by atoms with Crippen LogP contribution in [0.2, 0.25) is 0 Å². The summed E-state index contributed by atoms with van der Waals surface area (Å²) < 4.78 is 5.17. The zero-order valence-corrected chi connectivity index (χ0v) is 9.49. The Hall–Kier alpha value is -1.52. The highest BCUT2D eigenvalue weighted by Gasteiger charge is 2.09. The van der Waals surface area contributed by atoms with Gasteiger partial charge in [-0.25, -0.2) is 5.90 Å². The number of nitrogens with two attached hydrogens (primary N) is 1. The second kappa shape index (κ2) is 4.55. The van der Waals surface area contributed by atoms with Crippen LogP contribution < -0.4 is 10.6 Å². The lowest BCUT2D eigenvalue weighted by atomic mass is 10.1. The highest BCUT2D eigenvalue weighted by molar-refractivity contribution is 5.82. The standard InChI is InChI=1S/C12H16N2O2/c1-8(7-16-13)11-5-9-3-4-10(15-2)6-12(9)14-11/h3-6,8,14H,7,13H2,1-2H3. The molecule has 0 aliphatic heterocycles. The lowest BCUT2D eigenvalue weighted by Gasteiger charge is -2.06. The molecular formula is C12H16N2O2. The Balaban J connectivity index is 2.35. The molecule has 86 valence electrons. The molecule has 0 aliphatic rings. The normalized spacial score (nSPS) is 12.9. The van der Waals surface area contributed by atoms with Crippen molar-refractivity contribution in [2.24, 2.45) is 5.90 Å². The largest absolute Gasteiger partial charge is 0.497 e. The number of ether oxygens (including phenoxy) is 1. The lowest BCUT2D eigenvalue weighted by molar-refractivity contribution is 0.126. The Morgan fingerprint density at radius 1 is 1.38 bits per heavy atom. The van der Waals surface area contributed by atoms with Crippen LogP contribution >= 0.6 is 0 Å². The van der Waals surface area contributed by atoms with Gasteiger partial charge in [0.05, 0.1) is 13.7 Å². The molecule has 2 aromatic rings. The Bertz CT molecular complexity index is 479. The van der Waals surface area contributed by atoms with E-state index in [0.29, 0.717) is 6.61 Å². The highest BCUT2D eigenvalue weighted by Crippen LogP contribution is 2.24. The van der Waals surface area contributed by atoms with Crippen molar-refractivity contribution >= 4 is 10.9 Å². The number of rotatable bonds is 4. The third-order valence-corrected chi connectivity index (χ3v) is 2.73. The van der Waals surface area contributed by atoms with Crippen molar-refractivity contribution in [2.45, 2.75) is 12.8 Å². The minimum absolute atomic E-state index is 0.253. The Morgan fingerprint density at radius 2 is 2.19 bits per heavy atom. The van der Waals surface area contributed by atoms with E-state index in [0.717, 1.165) is 17.0 Å². The molecule has 1 heterocycles. The third-order valence-electron chi connectivity index (χ3n) is 2.73. The molecule has 0 radical (unpaired) electrons. The van der Waals surface area contributed by atoms with E-state index in [4.69, 9.17) is 10.6 Å². The molecule has 1 aromatic heterocycles. The van der Waals surface area contributed by atoms with Crippen molar-refractivity contribution in [2.75, 3.05) is 13.7 Å². The van der Waals surface area contributed by atoms with Crippen molar-refractivity contribution in [3.05, 3.63) is 30.0 Å². The first-order valence-corrected chi connectivity index (χ1v) is 5.23. The number of methoxy groups -OCH3 is 1. The zero-order chi connectivity index (χ0) is 11.5. The molecular weight excluding hydrogens is 204 g/mol. The summed E-state index contributed by atoms with van der Waals surface area (Å²) in [6, 6.07) is 8.07. The van der Waals surface area contributed by atoms with Crippen LogP contribution in [-0.2, 0) is 4.84 Å². The summed E-state index contributed by atoms with van der Waals surface area (Å²) in [5, 5.41) is 1.17. The molecule has 0 spiro atoms. The smallest absolute Gasteiger partial charge is 0.120 e. The van der Waals surface area contributed by atoms with Crippen LogP contribution in [0, 0.1) is 0 Å². The van der Waals surface area contributed by atoms with Crippen molar-refractivity contribution < 1.29 is 9.57 Å². The maximum absolute atomic E-state index is 5.17. The second-order valence-electron chi connectivity index (χ2n) is 3.91. The van der Waals surface area contributed by atoms with E-state index >= 15 is 0 Å². The minimum Gasteiger partial charge on any atom is -0.497 e. The number of fused-ring (bicyclic) bond motifs is 1. The first kappa shape index (κ1) is 11.0. The predicted octanol–water partition coefficient (Wildman–Crippen LogP) is 2.17. The molecule has 0 aliphatic carbocycles. The maximum Gasteiger partial charge on any atom is 0.120 e. The molecule has 0 bridgehead atoms. The average molecular weight is 220 g/mol. The van der Waals surface area contributed by atoms with Gasteiger partial charge in [0.1, 0.15) is 5.75 Å². The van der Waals surface area contributed by atoms with Gasteiger partial charge in [-0.3, -0.25) is 0 Å². The second-order valence-corrected chi connectivity index (χ2v) is 3.91. The first-order valence-electron chi connectivity index (χ1n) is 5.23. The first-order chi connectivity index (χ1) is 7.74. The van der Waals surface area contributed by atoms with E-state index in [1.165, 1.54) is 5.39 Å². The van der Waals surface area contributed by atoms with Crippen molar-refractivity contribution in [3.63, 3.8) is 0 Å². The number of nitrogens with one attached hydrogen (secondary N) is 1. The van der Waals surface area contributed by atoms with Crippen molar-refractivity contribution in [3.8, 4) is 5.75 Å². The number of hydrogen-bond donors (Lipinski definition) is 2. The molecule has 0 saturated heterocycles. The van der Waals surface area contributed by atoms with Gasteiger partial charge in [0.15, 0.2) is 0 Å². The molecule has 4 nitrogen and oxygen atoms in total. The summed E-state index contributed by atoms with van der Waals surface area (Å²) in [5.41, 5.74) is 2.19. The van der Waals surface area contributed by atoms with Crippen molar-refractivity contribution in [1.29, 1.82) is 0 Å². The molecule has 2 rings (SSSR count). The van der Waals surface area contributed by atoms with Crippen LogP contribution in [0.4, 0.5) is 0 Å². The van der Waals surface area contributed by atoms with Crippen LogP contribution in [0.15, 0.2) is 24.3 Å². The summed E-state index contributed by atoms with van der Waals surface area (Å²) in [4.78, 5) is 7.99. The fourth-order valence-electron chi connectivity index (χ4n) is 1.76. The van der Waals surface area contributed by atoms with Gasteiger partial charge in [0.25, 0.3) is 0 Å². The van der Waals surface area contributed by atoms with E-state index in [-0.39, 0.29) is 5.92 Å². The Kier molecular flexibility index (Phi) is 3.12. The van der Waals surface area contributed by atoms with E-state index in [9.17, 15) is 0 Å². The van der Waals surface area contributed by atoms with Gasteiger partial charge in [-0.1, -0.05) is 6.92 Å². The van der Waals surface area contributed by atoms with Gasteiger partial charge in [-0.2, -0.15) is 0 Å². The summed E-state index contributed by atoms with van der Waals surface area (Å²) >= 11 is 0. The van der Waals surface area contributed by atoms with E-state index in [1.807, 2.05) is 18.2 Å². The van der Waals surface area contributed by atoms with Gasteiger partial charge in [0, 0.05) is 23.2 Å². The number of hydrogen-bond acceptors (Lipinski definition) is 3. The molecule has 0 fully saturated rings. The van der Waals surface area contributed by atoms with E-state index in [2.05, 4.69) is 22.8 Å². The molecule has 16 heavy (non-hydrogen) atoms. The van der Waals surface area contributed by atoms with Crippen molar-refractivity contribution in [1.82, 2.24) is 4.98 Å². The fraction of sp³-hybridized carbons (Fsp3) is 0.333. The van der Waals surface area contributed by atoms with Crippen LogP contribution in [0.5, 0.6) is 5.75 Å². The summed E-state index contributed by atoms with van der Waals surface area (Å²) in [6.07, 6.45) is 0. The van der Waals surface area contributed by atoms with Gasteiger partial charge < -0.3 is 14.6 Å². The van der Waals surface area contributed by atoms with Gasteiger partial charge in [-0.05, 0) is 23.6 Å². The van der Waals surface area contributed by atoms with Gasteiger partial charge >= 0.3 is 0 Å². The maximum atomic E-state index is 5.17. The van der Waals surface area contributed by atoms with Crippen LogP contribution in [0.3, 0.4) is 0 Å². The summed E-state index contributed by atoms with van der Waals surface area (Å²) in [6.45, 7) is 2.57. The van der Waals surface area contributed by atoms with E-state index in [1.54, 1.807) is 7.11 Å². The number of aromatic amines is 1. The Labute approximate surface area is 94.3 Å². The minimum atomic E-state index is 0.253. The fourth-order valence-corrected chi connectivity index (χ4v) is 1.76. The summed E-state index contributed by atoms with van der Waals surface area (Å²) in [7, 11) is 1.66. The number of H-pyrrole nitrogens is 1.